The monoisotopic (exact) mass is 358 g/mol. The molecule has 2 aliphatic carbocycles. The third kappa shape index (κ3) is 1.92. The molecule has 2 saturated heterocycles. The molecule has 4 aliphatic rings. The summed E-state index contributed by atoms with van der Waals surface area (Å²) in [6.45, 7) is 4.07. The first kappa shape index (κ1) is 15.4. The second-order valence-electron chi connectivity index (χ2n) is 7.45. The summed E-state index contributed by atoms with van der Waals surface area (Å²) in [6.07, 6.45) is 0.180. The van der Waals surface area contributed by atoms with Crippen LogP contribution >= 0.6 is 0 Å². The van der Waals surface area contributed by atoms with Gasteiger partial charge in [0, 0.05) is 17.9 Å². The van der Waals surface area contributed by atoms with Crippen LogP contribution in [-0.2, 0) is 19.0 Å². The van der Waals surface area contributed by atoms with Crippen LogP contribution in [0.2, 0.25) is 0 Å². The first-order chi connectivity index (χ1) is 13.3. The van der Waals surface area contributed by atoms with Crippen LogP contribution in [0, 0.1) is 0 Å². The number of ether oxygens (including phenoxy) is 3. The van der Waals surface area contributed by atoms with Gasteiger partial charge >= 0.3 is 5.97 Å². The predicted octanol–water partition coefficient (Wildman–Crippen LogP) is 4.03. The summed E-state index contributed by atoms with van der Waals surface area (Å²) in [5.41, 5.74) is 2.53. The Morgan fingerprint density at radius 1 is 0.963 bits per heavy atom. The van der Waals surface area contributed by atoms with E-state index in [4.69, 9.17) is 14.2 Å². The number of hydrogen-bond donors (Lipinski definition) is 0. The maximum absolute atomic E-state index is 12.1. The lowest BCUT2D eigenvalue weighted by atomic mass is 9.64. The summed E-state index contributed by atoms with van der Waals surface area (Å²) >= 11 is 0. The fourth-order valence-electron chi connectivity index (χ4n) is 5.34. The summed E-state index contributed by atoms with van der Waals surface area (Å²) in [6, 6.07) is 17.0. The van der Waals surface area contributed by atoms with Crippen molar-refractivity contribution in [3.63, 3.8) is 0 Å². The van der Waals surface area contributed by atoms with Crippen molar-refractivity contribution in [1.82, 2.24) is 0 Å². The molecule has 0 N–H and O–H groups in total. The summed E-state index contributed by atoms with van der Waals surface area (Å²) in [5, 5.41) is 4.98. The molecule has 3 aromatic rings. The quantitative estimate of drug-likeness (QED) is 0.394. The molecule has 2 heterocycles. The molecule has 0 aromatic heterocycles. The van der Waals surface area contributed by atoms with Crippen LogP contribution in [0.15, 0.2) is 61.2 Å². The predicted molar refractivity (Wildman–Crippen MR) is 102 cm³/mol. The average Bonchev–Trinajstić information content (AvgIpc) is 3.15. The van der Waals surface area contributed by atoms with E-state index in [2.05, 4.69) is 55.1 Å². The lowest BCUT2D eigenvalue weighted by Crippen LogP contribution is -2.48. The van der Waals surface area contributed by atoms with Gasteiger partial charge < -0.3 is 14.2 Å². The Morgan fingerprint density at radius 3 is 2.07 bits per heavy atom. The highest BCUT2D eigenvalue weighted by atomic mass is 16.7. The highest BCUT2D eigenvalue weighted by Crippen LogP contribution is 2.58. The van der Waals surface area contributed by atoms with Crippen LogP contribution in [0.3, 0.4) is 0 Å². The summed E-state index contributed by atoms with van der Waals surface area (Å²) < 4.78 is 17.8. The molecule has 3 aromatic carbocycles. The molecule has 2 fully saturated rings. The maximum atomic E-state index is 12.1. The third-order valence-corrected chi connectivity index (χ3v) is 6.24. The lowest BCUT2D eigenvalue weighted by Gasteiger charge is -2.46. The minimum absolute atomic E-state index is 0.0228. The minimum atomic E-state index is -0.521. The molecule has 7 rings (SSSR count). The van der Waals surface area contributed by atoms with Crippen molar-refractivity contribution in [3.8, 4) is 0 Å². The van der Waals surface area contributed by atoms with Gasteiger partial charge in [0.15, 0.2) is 12.4 Å². The number of hydrogen-bond acceptors (Lipinski definition) is 4. The summed E-state index contributed by atoms with van der Waals surface area (Å²) in [7, 11) is 0. The molecule has 4 bridgehead atoms. The van der Waals surface area contributed by atoms with E-state index in [1.165, 1.54) is 38.7 Å². The molecule has 134 valence electrons. The van der Waals surface area contributed by atoms with Gasteiger partial charge in [-0.3, -0.25) is 0 Å². The van der Waals surface area contributed by atoms with Gasteiger partial charge in [-0.1, -0.05) is 55.1 Å². The van der Waals surface area contributed by atoms with Crippen molar-refractivity contribution in [3.05, 3.63) is 72.3 Å². The van der Waals surface area contributed by atoms with Gasteiger partial charge in [-0.25, -0.2) is 4.79 Å². The second kappa shape index (κ2) is 5.41. The Labute approximate surface area is 156 Å². The molecule has 4 unspecified atom stereocenters. The molecule has 0 amide bonds. The number of rotatable bonds is 2. The van der Waals surface area contributed by atoms with Crippen LogP contribution in [0.1, 0.15) is 23.0 Å². The van der Waals surface area contributed by atoms with Crippen molar-refractivity contribution in [1.29, 1.82) is 0 Å². The second-order valence-corrected chi connectivity index (χ2v) is 7.45. The van der Waals surface area contributed by atoms with E-state index >= 15 is 0 Å². The zero-order chi connectivity index (χ0) is 18.1. The lowest BCUT2D eigenvalue weighted by molar-refractivity contribution is -0.192. The fourth-order valence-corrected chi connectivity index (χ4v) is 5.34. The van der Waals surface area contributed by atoms with E-state index in [9.17, 15) is 4.79 Å². The number of carbonyl (C=O) groups excluding carboxylic acids is 1. The third-order valence-electron chi connectivity index (χ3n) is 6.24. The van der Waals surface area contributed by atoms with Crippen LogP contribution in [0.4, 0.5) is 0 Å². The van der Waals surface area contributed by atoms with Crippen LogP contribution < -0.4 is 0 Å². The molecule has 0 saturated carbocycles. The molecular formula is C23H18O4. The number of esters is 1. The van der Waals surface area contributed by atoms with Crippen molar-refractivity contribution in [2.75, 3.05) is 6.61 Å². The van der Waals surface area contributed by atoms with E-state index in [0.29, 0.717) is 6.61 Å². The van der Waals surface area contributed by atoms with Gasteiger partial charge in [0.2, 0.25) is 0 Å². The molecule has 4 nitrogen and oxygen atoms in total. The van der Waals surface area contributed by atoms with E-state index in [1.807, 2.05) is 0 Å². The van der Waals surface area contributed by atoms with Crippen molar-refractivity contribution >= 4 is 27.5 Å². The van der Waals surface area contributed by atoms with Gasteiger partial charge in [-0.15, -0.1) is 0 Å². The highest BCUT2D eigenvalue weighted by molar-refractivity contribution is 6.09. The topological polar surface area (TPSA) is 44.8 Å². The summed E-state index contributed by atoms with van der Waals surface area (Å²) in [4.78, 5) is 12.1. The van der Waals surface area contributed by atoms with Gasteiger partial charge in [-0.2, -0.15) is 0 Å². The molecule has 27 heavy (non-hydrogen) atoms. The van der Waals surface area contributed by atoms with E-state index in [0.717, 1.165) is 0 Å². The Bertz CT molecular complexity index is 1060. The van der Waals surface area contributed by atoms with Gasteiger partial charge in [0.05, 0.1) is 12.7 Å². The Morgan fingerprint density at radius 2 is 1.52 bits per heavy atom. The van der Waals surface area contributed by atoms with Gasteiger partial charge in [0.1, 0.15) is 0 Å². The fraction of sp³-hybridized carbons (Fsp3) is 0.261. The SMILES string of the molecule is C=CC(=O)O[C@@H]1C2OCC(O2)C2c3c4ccccc4c(c4ccccc34)C21. The standard InChI is InChI=1S/C23H18O4/c1-2-17(24)27-22-21-19-14-9-5-3-7-12(14)18(13-8-4-6-10-15(13)19)20(21)16-11-25-23(22)26-16/h2-10,16,20-23H,1,11H2/t16?,20?,21?,22-,23?/m0/s1. The molecule has 2 aliphatic heterocycles. The maximum Gasteiger partial charge on any atom is 0.330 e. The molecular weight excluding hydrogens is 340 g/mol. The first-order valence-electron chi connectivity index (χ1n) is 9.31. The van der Waals surface area contributed by atoms with Crippen LogP contribution in [0.25, 0.3) is 21.5 Å². The number of carbonyl (C=O) groups is 1. The minimum Gasteiger partial charge on any atom is -0.453 e. The molecule has 0 radical (unpaired) electrons. The normalized spacial score (nSPS) is 30.4. The highest BCUT2D eigenvalue weighted by Gasteiger charge is 2.56. The number of fused-ring (bicyclic) bond motifs is 2. The zero-order valence-electron chi connectivity index (χ0n) is 14.6. The van der Waals surface area contributed by atoms with Gasteiger partial charge in [-0.05, 0) is 32.7 Å². The molecule has 4 heteroatoms. The van der Waals surface area contributed by atoms with Crippen LogP contribution in [0.5, 0.6) is 0 Å². The van der Waals surface area contributed by atoms with Crippen molar-refractivity contribution in [2.45, 2.75) is 30.3 Å². The Balaban J connectivity index is 1.69. The number of benzene rings is 3. The zero-order valence-corrected chi connectivity index (χ0v) is 14.6. The van der Waals surface area contributed by atoms with E-state index in [-0.39, 0.29) is 17.9 Å². The first-order valence-corrected chi connectivity index (χ1v) is 9.31. The van der Waals surface area contributed by atoms with Crippen molar-refractivity contribution in [2.24, 2.45) is 0 Å². The smallest absolute Gasteiger partial charge is 0.330 e. The van der Waals surface area contributed by atoms with E-state index < -0.39 is 18.4 Å². The summed E-state index contributed by atoms with van der Waals surface area (Å²) in [5.74, 6) is -0.295. The largest absolute Gasteiger partial charge is 0.453 e. The van der Waals surface area contributed by atoms with Gasteiger partial charge in [0.25, 0.3) is 0 Å². The Kier molecular flexibility index (Phi) is 3.08. The molecule has 5 atom stereocenters. The van der Waals surface area contributed by atoms with Crippen molar-refractivity contribution < 1.29 is 19.0 Å². The Hall–Kier alpha value is -2.69. The average molecular weight is 358 g/mol. The molecule has 0 spiro atoms. The van der Waals surface area contributed by atoms with Crippen LogP contribution in [-0.4, -0.2) is 31.1 Å². The van der Waals surface area contributed by atoms with E-state index in [1.54, 1.807) is 0 Å².